The molecule has 1 amide bonds. The number of carbonyl (C=O) groups excluding carboxylic acids is 2. The molecule has 27 heavy (non-hydrogen) atoms. The van der Waals surface area contributed by atoms with E-state index in [0.717, 1.165) is 17.0 Å². The first-order chi connectivity index (χ1) is 13.0. The number of carbonyl (C=O) groups is 2. The lowest BCUT2D eigenvalue weighted by Gasteiger charge is -2.05. The molecule has 0 radical (unpaired) electrons. The quantitative estimate of drug-likeness (QED) is 0.572. The molecule has 7 heteroatoms. The Bertz CT molecular complexity index is 1030. The van der Waals surface area contributed by atoms with Gasteiger partial charge in [0, 0.05) is 16.9 Å². The van der Waals surface area contributed by atoms with Crippen LogP contribution in [-0.2, 0) is 0 Å². The third-order valence-electron chi connectivity index (χ3n) is 3.84. The van der Waals surface area contributed by atoms with Gasteiger partial charge in [0.05, 0.1) is 5.69 Å². The molecule has 3 aromatic rings. The summed E-state index contributed by atoms with van der Waals surface area (Å²) in [6.45, 7) is 1.48. The van der Waals surface area contributed by atoms with Gasteiger partial charge < -0.3 is 16.4 Å². The van der Waals surface area contributed by atoms with E-state index in [1.807, 2.05) is 36.4 Å². The molecule has 0 aliphatic rings. The van der Waals surface area contributed by atoms with Crippen molar-refractivity contribution in [2.75, 3.05) is 16.4 Å². The number of nitrogens with two attached hydrogens (primary N) is 1. The van der Waals surface area contributed by atoms with Crippen LogP contribution in [0.25, 0.3) is 0 Å². The number of nitrogens with one attached hydrogen (secondary N) is 2. The number of rotatable bonds is 5. The Morgan fingerprint density at radius 3 is 2.30 bits per heavy atom. The molecule has 0 bridgehead atoms. The van der Waals surface area contributed by atoms with Gasteiger partial charge in [0.25, 0.3) is 5.91 Å². The Balaban J connectivity index is 1.84. The van der Waals surface area contributed by atoms with Gasteiger partial charge in [-0.05, 0) is 43.3 Å². The number of anilines is 4. The van der Waals surface area contributed by atoms with E-state index in [1.165, 1.54) is 6.92 Å². The molecule has 1 heterocycles. The van der Waals surface area contributed by atoms with Crippen LogP contribution < -0.4 is 16.4 Å². The van der Waals surface area contributed by atoms with Crippen molar-refractivity contribution in [1.82, 2.24) is 0 Å². The van der Waals surface area contributed by atoms with Crippen molar-refractivity contribution in [1.29, 1.82) is 5.26 Å². The van der Waals surface area contributed by atoms with Crippen molar-refractivity contribution in [2.45, 2.75) is 6.92 Å². The van der Waals surface area contributed by atoms with Crippen molar-refractivity contribution >= 4 is 45.1 Å². The minimum Gasteiger partial charge on any atom is -0.396 e. The van der Waals surface area contributed by atoms with Crippen molar-refractivity contribution in [3.05, 3.63) is 70.6 Å². The summed E-state index contributed by atoms with van der Waals surface area (Å²) in [5, 5.41) is 15.8. The number of amides is 1. The molecule has 0 saturated heterocycles. The number of nitrogens with zero attached hydrogens (tertiary/aromatic N) is 1. The van der Waals surface area contributed by atoms with E-state index >= 15 is 0 Å². The summed E-state index contributed by atoms with van der Waals surface area (Å²) in [5.74, 6) is -0.462. The topological polar surface area (TPSA) is 108 Å². The van der Waals surface area contributed by atoms with Gasteiger partial charge in [0.15, 0.2) is 5.78 Å². The summed E-state index contributed by atoms with van der Waals surface area (Å²) in [4.78, 5) is 24.2. The maximum atomic E-state index is 12.6. The normalized spacial score (nSPS) is 10.1. The highest BCUT2D eigenvalue weighted by atomic mass is 32.1. The van der Waals surface area contributed by atoms with Crippen LogP contribution in [0.5, 0.6) is 0 Å². The van der Waals surface area contributed by atoms with Crippen LogP contribution in [0, 0.1) is 11.3 Å². The van der Waals surface area contributed by atoms with E-state index in [4.69, 9.17) is 5.73 Å². The molecule has 0 aliphatic heterocycles. The smallest absolute Gasteiger partial charge is 0.267 e. The van der Waals surface area contributed by atoms with E-state index < -0.39 is 5.91 Å². The summed E-state index contributed by atoms with van der Waals surface area (Å²) in [7, 11) is 0. The second-order valence-electron chi connectivity index (χ2n) is 5.74. The Kier molecular flexibility index (Phi) is 5.20. The van der Waals surface area contributed by atoms with Gasteiger partial charge in [-0.2, -0.15) is 5.26 Å². The molecule has 0 spiro atoms. The molecule has 0 atom stereocenters. The highest BCUT2D eigenvalue weighted by Gasteiger charge is 2.21. The number of Topliss-reactive ketones (excluding diaryl/α,β-unsaturated/α-hetero) is 1. The van der Waals surface area contributed by atoms with Crippen molar-refractivity contribution in [3.63, 3.8) is 0 Å². The zero-order chi connectivity index (χ0) is 19.4. The molecule has 0 saturated carbocycles. The number of hydrogen-bond donors (Lipinski definition) is 3. The number of nitrogen functional groups attached to an aromatic ring is 1. The lowest BCUT2D eigenvalue weighted by atomic mass is 10.1. The van der Waals surface area contributed by atoms with E-state index in [1.54, 1.807) is 24.3 Å². The minimum absolute atomic E-state index is 0.0503. The second-order valence-corrected chi connectivity index (χ2v) is 6.76. The first kappa shape index (κ1) is 18.2. The Hall–Kier alpha value is -3.63. The predicted molar refractivity (Wildman–Crippen MR) is 108 cm³/mol. The first-order valence-corrected chi connectivity index (χ1v) is 8.88. The monoisotopic (exact) mass is 376 g/mol. The summed E-state index contributed by atoms with van der Waals surface area (Å²) in [5.41, 5.74) is 8.29. The Labute approximate surface area is 160 Å². The lowest BCUT2D eigenvalue weighted by molar-refractivity contribution is 0.101. The third kappa shape index (κ3) is 3.97. The van der Waals surface area contributed by atoms with Crippen molar-refractivity contribution < 1.29 is 9.59 Å². The van der Waals surface area contributed by atoms with Crippen LogP contribution in [0.15, 0.2) is 54.6 Å². The van der Waals surface area contributed by atoms with Crippen LogP contribution in [0.1, 0.15) is 32.5 Å². The summed E-state index contributed by atoms with van der Waals surface area (Å²) in [6.07, 6.45) is 0. The third-order valence-corrected chi connectivity index (χ3v) is 4.96. The first-order valence-electron chi connectivity index (χ1n) is 8.06. The predicted octanol–water partition coefficient (Wildman–Crippen LogP) is 4.40. The van der Waals surface area contributed by atoms with E-state index in [9.17, 15) is 14.9 Å². The SMILES string of the molecule is CC(=O)c1ccc(NC(=O)c2sc(Nc3ccccc3)c(C#N)c2N)cc1. The van der Waals surface area contributed by atoms with Crippen LogP contribution in [-0.4, -0.2) is 11.7 Å². The maximum absolute atomic E-state index is 12.6. The average molecular weight is 376 g/mol. The molecule has 1 aromatic heterocycles. The molecular formula is C20H16N4O2S. The second kappa shape index (κ2) is 7.72. The largest absolute Gasteiger partial charge is 0.396 e. The number of hydrogen-bond acceptors (Lipinski definition) is 6. The fourth-order valence-corrected chi connectivity index (χ4v) is 3.43. The number of benzene rings is 2. The van der Waals surface area contributed by atoms with Gasteiger partial charge in [-0.15, -0.1) is 11.3 Å². The standard InChI is InChI=1S/C20H16N4O2S/c1-12(25)13-7-9-15(10-8-13)23-19(26)18-17(22)16(11-21)20(27-18)24-14-5-3-2-4-6-14/h2-10,24H,22H2,1H3,(H,23,26). The van der Waals surface area contributed by atoms with Gasteiger partial charge in [0.2, 0.25) is 0 Å². The number of ketones is 1. The molecular weight excluding hydrogens is 360 g/mol. The van der Waals surface area contributed by atoms with Crippen LogP contribution >= 0.6 is 11.3 Å². The number of thiophene rings is 1. The molecule has 0 unspecified atom stereocenters. The van der Waals surface area contributed by atoms with Gasteiger partial charge in [-0.3, -0.25) is 9.59 Å². The van der Waals surface area contributed by atoms with E-state index in [-0.39, 0.29) is 21.9 Å². The van der Waals surface area contributed by atoms with Crippen molar-refractivity contribution in [3.8, 4) is 6.07 Å². The fraction of sp³-hybridized carbons (Fsp3) is 0.0500. The highest BCUT2D eigenvalue weighted by molar-refractivity contribution is 7.19. The van der Waals surface area contributed by atoms with Gasteiger partial charge in [-0.1, -0.05) is 18.2 Å². The molecule has 3 rings (SSSR count). The van der Waals surface area contributed by atoms with Gasteiger partial charge >= 0.3 is 0 Å². The van der Waals surface area contributed by atoms with Crippen LogP contribution in [0.4, 0.5) is 22.1 Å². The fourth-order valence-electron chi connectivity index (χ4n) is 2.44. The van der Waals surface area contributed by atoms with Crippen LogP contribution in [0.3, 0.4) is 0 Å². The molecule has 6 nitrogen and oxygen atoms in total. The molecule has 134 valence electrons. The number of nitriles is 1. The Morgan fingerprint density at radius 1 is 1.04 bits per heavy atom. The van der Waals surface area contributed by atoms with Crippen molar-refractivity contribution in [2.24, 2.45) is 0 Å². The van der Waals surface area contributed by atoms with Gasteiger partial charge in [0.1, 0.15) is 21.5 Å². The minimum atomic E-state index is -0.411. The lowest BCUT2D eigenvalue weighted by Crippen LogP contribution is -2.12. The van der Waals surface area contributed by atoms with E-state index in [2.05, 4.69) is 10.6 Å². The molecule has 0 aliphatic carbocycles. The van der Waals surface area contributed by atoms with Crippen LogP contribution in [0.2, 0.25) is 0 Å². The molecule has 4 N–H and O–H groups in total. The van der Waals surface area contributed by atoms with E-state index in [0.29, 0.717) is 16.3 Å². The average Bonchev–Trinajstić information content (AvgIpc) is 2.98. The molecule has 2 aromatic carbocycles. The maximum Gasteiger partial charge on any atom is 0.267 e. The Morgan fingerprint density at radius 2 is 1.70 bits per heavy atom. The zero-order valence-corrected chi connectivity index (χ0v) is 15.3. The number of para-hydroxylation sites is 1. The van der Waals surface area contributed by atoms with Gasteiger partial charge in [-0.25, -0.2) is 0 Å². The zero-order valence-electron chi connectivity index (χ0n) is 14.4. The highest BCUT2D eigenvalue weighted by Crippen LogP contribution is 2.37. The molecule has 0 fully saturated rings. The summed E-state index contributed by atoms with van der Waals surface area (Å²) in [6, 6.07) is 17.9. The summed E-state index contributed by atoms with van der Waals surface area (Å²) < 4.78 is 0. The summed E-state index contributed by atoms with van der Waals surface area (Å²) >= 11 is 1.12.